The Morgan fingerprint density at radius 2 is 0.604 bits per heavy atom. The van der Waals surface area contributed by atoms with Crippen molar-refractivity contribution in [1.82, 2.24) is 0 Å². The molecule has 0 atom stereocenters. The molecule has 0 saturated heterocycles. The zero-order valence-corrected chi connectivity index (χ0v) is 82.6. The molecule has 13 aromatic carbocycles. The maximum Gasteiger partial charge on any atom is 0.573 e. The van der Waals surface area contributed by atoms with Gasteiger partial charge in [0, 0.05) is 109 Å². The Balaban J connectivity index is 0.000000134. The van der Waals surface area contributed by atoms with Crippen LogP contribution < -0.4 is 103 Å². The van der Waals surface area contributed by atoms with Gasteiger partial charge in [-0.3, -0.25) is 28.8 Å². The molecule has 0 saturated carbocycles. The number of carbonyl (C=O) groups is 6. The minimum Gasteiger partial charge on any atom is -0.494 e. The van der Waals surface area contributed by atoms with Gasteiger partial charge in [0.2, 0.25) is 35.4 Å². The van der Waals surface area contributed by atoms with Crippen LogP contribution in [0.4, 0.5) is 60.5 Å². The molecule has 7 aliphatic rings. The summed E-state index contributed by atoms with van der Waals surface area (Å²) >= 11 is 0. The van der Waals surface area contributed by atoms with Crippen LogP contribution in [0.1, 0.15) is 116 Å². The molecule has 0 spiro atoms. The number of anilines is 6. The van der Waals surface area contributed by atoms with Crippen molar-refractivity contribution in [1.29, 1.82) is 0 Å². The first kappa shape index (κ1) is 107. The molecule has 0 radical (unpaired) electrons. The molecular formula is C116H116F6N6O21. The molecule has 0 fully saturated rings. The number of alkyl halides is 6. The molecule has 27 nitrogen and oxygen atoms in total. The predicted molar refractivity (Wildman–Crippen MR) is 553 cm³/mol. The summed E-state index contributed by atoms with van der Waals surface area (Å²) in [6, 6.07) is 79.7. The van der Waals surface area contributed by atoms with Crippen LogP contribution in [0.25, 0.3) is 10.8 Å². The number of hydrogen-bond donors (Lipinski definition) is 6. The van der Waals surface area contributed by atoms with Gasteiger partial charge in [-0.25, -0.2) is 0 Å². The molecule has 0 aromatic heterocycles. The van der Waals surface area contributed by atoms with Gasteiger partial charge >= 0.3 is 12.5 Å². The fraction of sp³-hybridized carbons (Fsp3) is 0.293. The number of amides is 6. The molecular weight excluding hydrogens is 1930 g/mol. The van der Waals surface area contributed by atoms with Gasteiger partial charge in [-0.15, -0.1) is 13.2 Å². The van der Waals surface area contributed by atoms with Crippen LogP contribution in [0.5, 0.6) is 86.2 Å². The third-order valence-electron chi connectivity index (χ3n) is 23.7. The van der Waals surface area contributed by atoms with Crippen molar-refractivity contribution in [2.75, 3.05) is 118 Å². The number of fused-ring (bicyclic) bond motifs is 8. The molecule has 33 heteroatoms. The highest BCUT2D eigenvalue weighted by molar-refractivity contribution is 5.95. The molecule has 6 aliphatic heterocycles. The van der Waals surface area contributed by atoms with E-state index in [1.807, 2.05) is 142 Å². The quantitative estimate of drug-likeness (QED) is 0.0237. The summed E-state index contributed by atoms with van der Waals surface area (Å²) in [5, 5.41) is 19.5. The lowest BCUT2D eigenvalue weighted by atomic mass is 10.0. The van der Waals surface area contributed by atoms with Gasteiger partial charge in [-0.2, -0.15) is 13.2 Å². The van der Waals surface area contributed by atoms with Crippen molar-refractivity contribution in [3.63, 3.8) is 0 Å². The van der Waals surface area contributed by atoms with Crippen molar-refractivity contribution in [3.05, 3.63) is 317 Å². The van der Waals surface area contributed by atoms with E-state index in [-0.39, 0.29) is 78.5 Å². The van der Waals surface area contributed by atoms with Gasteiger partial charge in [0.05, 0.1) is 18.3 Å². The summed E-state index contributed by atoms with van der Waals surface area (Å²) in [5.41, 5.74) is 11.5. The smallest absolute Gasteiger partial charge is 0.494 e. The first-order valence-corrected chi connectivity index (χ1v) is 49.4. The van der Waals surface area contributed by atoms with Gasteiger partial charge < -0.3 is 103 Å². The lowest BCUT2D eigenvalue weighted by molar-refractivity contribution is -0.274. The highest BCUT2D eigenvalue weighted by Crippen LogP contribution is 2.41. The Hall–Kier alpha value is -16.5. The second-order valence-corrected chi connectivity index (χ2v) is 35.3. The first-order valence-electron chi connectivity index (χ1n) is 49.4. The Morgan fingerprint density at radius 1 is 0.289 bits per heavy atom. The monoisotopic (exact) mass is 2040 g/mol. The fourth-order valence-corrected chi connectivity index (χ4v) is 16.7. The molecule has 13 aromatic rings. The van der Waals surface area contributed by atoms with Gasteiger partial charge in [0.25, 0.3) is 0 Å². The summed E-state index contributed by atoms with van der Waals surface area (Å²) in [5.74, 6) is 8.62. The summed E-state index contributed by atoms with van der Waals surface area (Å²) in [6.45, 7) is 12.8. The van der Waals surface area contributed by atoms with E-state index in [2.05, 4.69) is 85.2 Å². The van der Waals surface area contributed by atoms with Crippen molar-refractivity contribution in [3.8, 4) is 86.2 Å². The van der Waals surface area contributed by atoms with Crippen LogP contribution in [-0.4, -0.2) is 134 Å². The summed E-state index contributed by atoms with van der Waals surface area (Å²) < 4.78 is 156. The predicted octanol–water partition coefficient (Wildman–Crippen LogP) is 22.9. The molecule has 1 aliphatic carbocycles. The highest BCUT2D eigenvalue weighted by atomic mass is 19.4. The van der Waals surface area contributed by atoms with Crippen LogP contribution in [0.2, 0.25) is 0 Å². The number of ether oxygens (including phenoxy) is 15. The van der Waals surface area contributed by atoms with Crippen LogP contribution >= 0.6 is 0 Å². The van der Waals surface area contributed by atoms with Crippen LogP contribution in [-0.2, 0) is 86.3 Å². The van der Waals surface area contributed by atoms with E-state index in [1.165, 1.54) is 83.1 Å². The topological polar surface area (TPSA) is 313 Å². The standard InChI is InChI=1S/C21H19NO3.C20H23NO4.C20H21NO3.C19H21NO4.C18H16F3NO4.C18H16F3NO3/c23-21(22-18-8-9-19-20(14-18)25-12-11-24-19)10-6-15-5-7-16-3-1-2-4-17(16)13-15;1-14(2)25-17-7-3-15(4-8-17)5-10-20(22)21-16-6-9-18-19(13-16)24-12-11-23-18;22-20(9-5-14-4-6-15-2-1-3-16(15)12-14)21-17-7-8-18-19(13-17)24-11-10-23-18;1-2-22-16-5-3-4-14(12-16)6-9-19(21)20-15-7-8-17-18(13-15)24-11-10-23-17;19-18(20,21)26-14-3-1-2-12(10-14)4-7-17(23)22-13-5-6-15-16(11-13)25-9-8-24-15;19-18(20,21)14-4-2-1-3-12(14)5-8-17(23)22-13-6-7-15-16(11-13)25-10-9-24-15/h1-5,7-9,13-14H,6,10-12H2,(H,22,23);3-4,6-9,13-14H,5,10-12H2,1-2H3,(H,21,22);4,6-8,12-13H,1-3,5,9-11H2,(H,21,22);3-5,7-8,12-13H,2,6,9-11H2,1H3,(H,20,21);1-3,5-6,10-11H,4,7-9H2,(H,22,23);1-4,6-7,11H,5,8-10H2,(H,22,23). The van der Waals surface area contributed by atoms with E-state index < -0.39 is 18.1 Å². The zero-order valence-electron chi connectivity index (χ0n) is 82.6. The number of hydrogen-bond acceptors (Lipinski definition) is 21. The summed E-state index contributed by atoms with van der Waals surface area (Å²) in [4.78, 5) is 72.9. The van der Waals surface area contributed by atoms with Gasteiger partial charge in [0.1, 0.15) is 96.5 Å². The van der Waals surface area contributed by atoms with Crippen LogP contribution in [0.15, 0.2) is 267 Å². The minimum absolute atomic E-state index is 0.00602. The van der Waals surface area contributed by atoms with Crippen molar-refractivity contribution >= 4 is 80.3 Å². The summed E-state index contributed by atoms with van der Waals surface area (Å²) in [7, 11) is 0. The maximum absolute atomic E-state index is 13.0. The SMILES string of the molecule is CC(C)Oc1ccc(CCC(=O)Nc2ccc3c(c2)OCCO3)cc1.CCOc1cccc(CCC(=O)Nc2ccc3c(c2)OCCO3)c1.O=C(CCc1ccc2c(c1)CCC2)Nc1ccc2c(c1)OCCO2.O=C(CCc1ccc2ccccc2c1)Nc1ccc2c(c1)OCCO2.O=C(CCc1cccc(OC(F)(F)F)c1)Nc1ccc2c(c1)OCCO2.O=C(CCc1ccccc1C(F)(F)F)Nc1ccc2c(c1)OCCO2. The molecule has 149 heavy (non-hydrogen) atoms. The maximum atomic E-state index is 13.0. The molecule has 6 heterocycles. The van der Waals surface area contributed by atoms with Gasteiger partial charge in [0.15, 0.2) is 69.0 Å². The first-order chi connectivity index (χ1) is 72.2. The normalized spacial score (nSPS) is 13.3. The number of benzene rings is 13. The molecule has 6 amide bonds. The van der Waals surface area contributed by atoms with Gasteiger partial charge in [-0.1, -0.05) is 115 Å². The van der Waals surface area contributed by atoms with E-state index >= 15 is 0 Å². The second kappa shape index (κ2) is 53.0. The number of aryl methyl sites for hydroxylation is 8. The van der Waals surface area contributed by atoms with E-state index in [0.29, 0.717) is 211 Å². The highest BCUT2D eigenvalue weighted by Gasteiger charge is 2.34. The molecule has 20 rings (SSSR count). The lowest BCUT2D eigenvalue weighted by Crippen LogP contribution is -2.17. The Bertz CT molecular complexity index is 6760. The average Bonchev–Trinajstić information content (AvgIpc) is 1.75. The summed E-state index contributed by atoms with van der Waals surface area (Å²) in [6.07, 6.45) is -0.484. The van der Waals surface area contributed by atoms with E-state index in [4.69, 9.17) is 66.3 Å². The molecule has 0 unspecified atom stereocenters. The Morgan fingerprint density at radius 3 is 0.980 bits per heavy atom. The van der Waals surface area contributed by atoms with Crippen molar-refractivity contribution in [2.45, 2.75) is 136 Å². The molecule has 778 valence electrons. The van der Waals surface area contributed by atoms with Crippen molar-refractivity contribution in [2.24, 2.45) is 0 Å². The largest absolute Gasteiger partial charge is 0.573 e. The lowest BCUT2D eigenvalue weighted by Gasteiger charge is -2.19. The van der Waals surface area contributed by atoms with E-state index in [0.717, 1.165) is 69.2 Å². The zero-order chi connectivity index (χ0) is 104. The fourth-order valence-electron chi connectivity index (χ4n) is 16.7. The number of nitrogens with one attached hydrogen (secondary N) is 6. The van der Waals surface area contributed by atoms with E-state index in [9.17, 15) is 55.1 Å². The third-order valence-corrected chi connectivity index (χ3v) is 23.7. The Labute approximate surface area is 858 Å². The van der Waals surface area contributed by atoms with Gasteiger partial charge in [-0.05, 0) is 249 Å². The van der Waals surface area contributed by atoms with Crippen LogP contribution in [0, 0.1) is 0 Å². The van der Waals surface area contributed by atoms with E-state index in [1.54, 1.807) is 54.6 Å². The average molecular weight is 2040 g/mol. The number of rotatable bonds is 29. The molecule has 0 bridgehead atoms. The minimum atomic E-state index is -4.74. The van der Waals surface area contributed by atoms with Crippen molar-refractivity contribution < 1.29 is 126 Å². The molecule has 6 N–H and O–H groups in total. The number of halogens is 6. The third kappa shape index (κ3) is 33.8. The number of carbonyl (C=O) groups excluding carboxylic acids is 6. The Kier molecular flexibility index (Phi) is 38.0. The van der Waals surface area contributed by atoms with Crippen LogP contribution in [0.3, 0.4) is 0 Å². The second-order valence-electron chi connectivity index (χ2n) is 35.3.